The highest BCUT2D eigenvalue weighted by atomic mass is 17.0. The Morgan fingerprint density at radius 3 is 2.40 bits per heavy atom. The standard InChI is InChI=1S/C4H11N4O2/c1-5-10-7(9)6-8(2,3)4/h1,6H,2-4H3/q+1. The van der Waals surface area contributed by atoms with Gasteiger partial charge in [0.1, 0.15) is 0 Å². The summed E-state index contributed by atoms with van der Waals surface area (Å²) in [5, 5.41) is 13.2. The summed E-state index contributed by atoms with van der Waals surface area (Å²) >= 11 is 0. The number of rotatable bonds is 3. The van der Waals surface area contributed by atoms with Crippen LogP contribution in [-0.2, 0) is 4.94 Å². The lowest BCUT2D eigenvalue weighted by atomic mass is 10.9. The highest BCUT2D eigenvalue weighted by molar-refractivity contribution is 4.42. The zero-order valence-corrected chi connectivity index (χ0v) is 6.24. The van der Waals surface area contributed by atoms with E-state index >= 15 is 0 Å². The summed E-state index contributed by atoms with van der Waals surface area (Å²) < 4.78 is 0.221. The van der Waals surface area contributed by atoms with Crippen molar-refractivity contribution in [2.24, 2.45) is 0 Å². The molecule has 0 rings (SSSR count). The Balaban J connectivity index is 3.60. The SMILES string of the molecule is C#[N+]ON([O-])N[N+](C)(C)C. The van der Waals surface area contributed by atoms with E-state index in [9.17, 15) is 5.21 Å². The van der Waals surface area contributed by atoms with Crippen molar-refractivity contribution in [3.63, 3.8) is 0 Å². The van der Waals surface area contributed by atoms with Gasteiger partial charge >= 0.3 is 6.57 Å². The van der Waals surface area contributed by atoms with E-state index in [1.807, 2.05) is 0 Å². The second kappa shape index (κ2) is 3.34. The molecule has 0 aromatic carbocycles. The minimum atomic E-state index is 0.0694. The van der Waals surface area contributed by atoms with Crippen LogP contribution in [0.3, 0.4) is 0 Å². The fourth-order valence-electron chi connectivity index (χ4n) is 0.306. The van der Waals surface area contributed by atoms with Crippen molar-refractivity contribution in [2.75, 3.05) is 21.1 Å². The molecule has 6 nitrogen and oxygen atoms in total. The van der Waals surface area contributed by atoms with Gasteiger partial charge in [-0.15, -0.1) is 0 Å². The van der Waals surface area contributed by atoms with Crippen molar-refractivity contribution >= 4 is 0 Å². The summed E-state index contributed by atoms with van der Waals surface area (Å²) in [6.45, 7) is 4.56. The van der Waals surface area contributed by atoms with E-state index in [2.05, 4.69) is 22.1 Å². The van der Waals surface area contributed by atoms with E-state index in [-0.39, 0.29) is 9.93 Å². The van der Waals surface area contributed by atoms with Gasteiger partial charge in [0, 0.05) is 0 Å². The smallest absolute Gasteiger partial charge is 0.338 e. The quantitative estimate of drug-likeness (QED) is 0.440. The molecule has 0 aromatic heterocycles. The Bertz CT molecular complexity index is 135. The molecule has 0 aliphatic rings. The average molecular weight is 147 g/mol. The lowest BCUT2D eigenvalue weighted by Gasteiger charge is -2.28. The fraction of sp³-hybridized carbons (Fsp3) is 0.750. The summed E-state index contributed by atoms with van der Waals surface area (Å²) in [6.07, 6.45) is 0. The van der Waals surface area contributed by atoms with Crippen LogP contribution in [0.1, 0.15) is 0 Å². The van der Waals surface area contributed by atoms with Crippen LogP contribution in [0.25, 0.3) is 5.01 Å². The van der Waals surface area contributed by atoms with Crippen molar-refractivity contribution in [1.82, 2.24) is 10.9 Å². The fourth-order valence-corrected chi connectivity index (χ4v) is 0.306. The predicted octanol–water partition coefficient (Wildman–Crippen LogP) is -0.279. The van der Waals surface area contributed by atoms with Gasteiger partial charge in [0.05, 0.1) is 21.1 Å². The number of hydrogen-bond donors (Lipinski definition) is 1. The highest BCUT2D eigenvalue weighted by Crippen LogP contribution is 1.87. The van der Waals surface area contributed by atoms with Crippen LogP contribution < -0.4 is 5.53 Å². The third-order valence-electron chi connectivity index (χ3n) is 0.503. The third-order valence-corrected chi connectivity index (χ3v) is 0.503. The summed E-state index contributed by atoms with van der Waals surface area (Å²) in [4.78, 5) is 3.97. The number of hydrogen-bond acceptors (Lipinski definition) is 4. The summed E-state index contributed by atoms with van der Waals surface area (Å²) in [5.74, 6) is 0. The Hall–Kier alpha value is -0.870. The zero-order chi connectivity index (χ0) is 8.20. The van der Waals surface area contributed by atoms with Gasteiger partial charge in [-0.05, 0) is 10.3 Å². The van der Waals surface area contributed by atoms with Crippen LogP contribution >= 0.6 is 0 Å². The van der Waals surface area contributed by atoms with Crippen LogP contribution in [0.15, 0.2) is 0 Å². The maximum atomic E-state index is 10.5. The van der Waals surface area contributed by atoms with Crippen LogP contribution in [0.2, 0.25) is 0 Å². The van der Waals surface area contributed by atoms with E-state index in [1.54, 1.807) is 21.1 Å². The van der Waals surface area contributed by atoms with Gasteiger partial charge in [-0.1, -0.05) is 5.53 Å². The maximum absolute atomic E-state index is 10.5. The maximum Gasteiger partial charge on any atom is 0.338 e. The Kier molecular flexibility index (Phi) is 3.05. The highest BCUT2D eigenvalue weighted by Gasteiger charge is 2.09. The molecule has 0 radical (unpaired) electrons. The topological polar surface area (TPSA) is 51.9 Å². The zero-order valence-electron chi connectivity index (χ0n) is 6.24. The molecule has 0 spiro atoms. The molecule has 6 heteroatoms. The third kappa shape index (κ3) is 5.27. The second-order valence-corrected chi connectivity index (χ2v) is 2.56. The van der Waals surface area contributed by atoms with Crippen LogP contribution in [0, 0.1) is 11.8 Å². The first-order valence-corrected chi connectivity index (χ1v) is 2.59. The average Bonchev–Trinajstić information content (AvgIpc) is 1.59. The van der Waals surface area contributed by atoms with Gasteiger partial charge in [-0.2, -0.15) is 0 Å². The van der Waals surface area contributed by atoms with Crippen molar-refractivity contribution in [3.05, 3.63) is 10.2 Å². The molecule has 0 unspecified atom stereocenters. The molecule has 0 aliphatic carbocycles. The molecular formula is C4H11N4O2+. The Morgan fingerprint density at radius 1 is 1.60 bits per heavy atom. The van der Waals surface area contributed by atoms with Crippen LogP contribution in [0.4, 0.5) is 0 Å². The minimum Gasteiger partial charge on any atom is -0.728 e. The molecule has 0 saturated carbocycles. The van der Waals surface area contributed by atoms with E-state index in [4.69, 9.17) is 0 Å². The molecule has 0 heterocycles. The molecule has 1 N–H and O–H groups in total. The molecule has 0 aliphatic heterocycles. The van der Waals surface area contributed by atoms with E-state index in [1.165, 1.54) is 0 Å². The number of quaternary nitrogens is 1. The molecule has 0 amide bonds. The summed E-state index contributed by atoms with van der Waals surface area (Å²) in [7, 11) is 5.22. The predicted molar refractivity (Wildman–Crippen MR) is 35.8 cm³/mol. The Labute approximate surface area is 59.4 Å². The van der Waals surface area contributed by atoms with Gasteiger partial charge in [-0.25, -0.2) is 4.59 Å². The van der Waals surface area contributed by atoms with Crippen LogP contribution in [-0.4, -0.2) is 31.1 Å². The molecule has 0 aromatic rings. The summed E-state index contributed by atoms with van der Waals surface area (Å²) in [6, 6.07) is 0. The number of nitrogens with one attached hydrogen (secondary N) is 1. The first kappa shape index (κ1) is 9.13. The molecule has 58 valence electrons. The largest absolute Gasteiger partial charge is 0.728 e. The van der Waals surface area contributed by atoms with E-state index in [0.29, 0.717) is 0 Å². The molecule has 0 bridgehead atoms. The van der Waals surface area contributed by atoms with Gasteiger partial charge in [0.2, 0.25) is 5.01 Å². The lowest BCUT2D eigenvalue weighted by molar-refractivity contribution is -0.936. The summed E-state index contributed by atoms with van der Waals surface area (Å²) in [5.41, 5.74) is 2.34. The minimum absolute atomic E-state index is 0.0694. The van der Waals surface area contributed by atoms with E-state index in [0.717, 1.165) is 0 Å². The normalized spacial score (nSPS) is 11.2. The van der Waals surface area contributed by atoms with Crippen LogP contribution in [0.5, 0.6) is 0 Å². The van der Waals surface area contributed by atoms with Crippen molar-refractivity contribution < 1.29 is 9.53 Å². The molecule has 0 saturated heterocycles. The van der Waals surface area contributed by atoms with Crippen molar-refractivity contribution in [1.29, 1.82) is 0 Å². The van der Waals surface area contributed by atoms with Crippen molar-refractivity contribution in [2.45, 2.75) is 0 Å². The van der Waals surface area contributed by atoms with Gasteiger partial charge in [-0.3, -0.25) is 0 Å². The first-order chi connectivity index (χ1) is 4.45. The molecule has 0 fully saturated rings. The molecule has 10 heavy (non-hydrogen) atoms. The number of nitrogens with zero attached hydrogens (tertiary/aromatic N) is 3. The van der Waals surface area contributed by atoms with E-state index < -0.39 is 0 Å². The molecule has 0 atom stereocenters. The monoisotopic (exact) mass is 147 g/mol. The van der Waals surface area contributed by atoms with Crippen molar-refractivity contribution in [3.8, 4) is 6.57 Å². The van der Waals surface area contributed by atoms with Gasteiger partial charge < -0.3 is 5.21 Å². The van der Waals surface area contributed by atoms with Gasteiger partial charge in [0.25, 0.3) is 0 Å². The number of hydrazine groups is 1. The van der Waals surface area contributed by atoms with Gasteiger partial charge in [0.15, 0.2) is 0 Å². The molecular weight excluding hydrogens is 136 g/mol. The Morgan fingerprint density at radius 2 is 2.10 bits per heavy atom. The second-order valence-electron chi connectivity index (χ2n) is 2.56. The lowest BCUT2D eigenvalue weighted by Crippen LogP contribution is -2.54. The first-order valence-electron chi connectivity index (χ1n) is 2.59.